The predicted molar refractivity (Wildman–Crippen MR) is 149 cm³/mol. The van der Waals surface area contributed by atoms with Gasteiger partial charge < -0.3 is 30.1 Å². The fourth-order valence-electron chi connectivity index (χ4n) is 5.96. The first-order valence-corrected chi connectivity index (χ1v) is 13.6. The number of para-hydroxylation sites is 1. The van der Waals surface area contributed by atoms with Gasteiger partial charge in [0.1, 0.15) is 24.1 Å². The Kier molecular flexibility index (Phi) is 7.89. The van der Waals surface area contributed by atoms with Crippen LogP contribution in [0.15, 0.2) is 30.9 Å². The number of nitrogens with zero attached hydrogens (tertiary/aromatic N) is 6. The molecule has 1 atom stereocenters. The molecule has 210 valence electrons. The topological polar surface area (TPSA) is 119 Å². The minimum absolute atomic E-state index is 0.112. The van der Waals surface area contributed by atoms with Gasteiger partial charge in [-0.2, -0.15) is 5.26 Å². The van der Waals surface area contributed by atoms with E-state index in [-0.39, 0.29) is 35.6 Å². The molecule has 2 fully saturated rings. The number of aromatic nitrogens is 1. The Balaban J connectivity index is 1.53. The molecule has 0 radical (unpaired) electrons. The van der Waals surface area contributed by atoms with E-state index in [9.17, 15) is 14.9 Å². The smallest absolute Gasteiger partial charge is 0.250 e. The minimum Gasteiger partial charge on any atom is -0.475 e. The van der Waals surface area contributed by atoms with Gasteiger partial charge >= 0.3 is 0 Å². The number of carbonyl (C=O) groups excluding carboxylic acids is 2. The molecule has 0 bridgehead atoms. The summed E-state index contributed by atoms with van der Waals surface area (Å²) in [5, 5.41) is 10.3. The lowest BCUT2D eigenvalue weighted by molar-refractivity contribution is -0.126. The van der Waals surface area contributed by atoms with E-state index in [0.717, 1.165) is 30.6 Å². The van der Waals surface area contributed by atoms with Crippen LogP contribution in [0.5, 0.6) is 5.88 Å². The highest BCUT2D eigenvalue weighted by Gasteiger charge is 2.33. The predicted octanol–water partition coefficient (Wildman–Crippen LogP) is 2.06. The quantitative estimate of drug-likeness (QED) is 0.524. The molecule has 0 aliphatic carbocycles. The molecule has 0 saturated carbocycles. The molecule has 5 rings (SSSR count). The van der Waals surface area contributed by atoms with E-state index in [1.165, 1.54) is 24.3 Å². The van der Waals surface area contributed by atoms with E-state index in [1.54, 1.807) is 9.80 Å². The van der Waals surface area contributed by atoms with Crippen molar-refractivity contribution in [3.05, 3.63) is 59.1 Å². The van der Waals surface area contributed by atoms with Crippen molar-refractivity contribution < 1.29 is 18.7 Å². The molecule has 2 saturated heterocycles. The van der Waals surface area contributed by atoms with Crippen molar-refractivity contribution in [2.45, 2.75) is 31.8 Å². The normalized spacial score (nSPS) is 19.2. The van der Waals surface area contributed by atoms with Crippen LogP contribution in [0.2, 0.25) is 0 Å². The molecule has 3 aliphatic rings. The number of amides is 2. The Morgan fingerprint density at radius 1 is 1.20 bits per heavy atom. The van der Waals surface area contributed by atoms with E-state index >= 15 is 4.39 Å². The Morgan fingerprint density at radius 3 is 2.62 bits per heavy atom. The monoisotopic (exact) mass is 547 g/mol. The average Bonchev–Trinajstić information content (AvgIpc) is 3.38. The van der Waals surface area contributed by atoms with Crippen molar-refractivity contribution >= 4 is 23.2 Å². The van der Waals surface area contributed by atoms with Crippen LogP contribution < -0.4 is 20.3 Å². The van der Waals surface area contributed by atoms with Crippen molar-refractivity contribution in [1.82, 2.24) is 14.8 Å². The van der Waals surface area contributed by atoms with Gasteiger partial charge in [0, 0.05) is 44.3 Å². The summed E-state index contributed by atoms with van der Waals surface area (Å²) in [6.07, 6.45) is 3.89. The maximum atomic E-state index is 15.0. The molecule has 1 aromatic heterocycles. The SMILES string of the molecule is C=CC(=O)N1CCN(c2c(C#N)c(OCC3CCCN3C)nc3c2CCN(c2c(F)cccc2C(N)=O)C3)CC1. The second kappa shape index (κ2) is 11.5. The van der Waals surface area contributed by atoms with E-state index in [2.05, 4.69) is 29.5 Å². The standard InChI is InChI=1S/C29H34FN7O3/c1-3-25(38)35-12-14-36(15-13-35)26-20-9-11-37(27-21(28(32)39)7-4-8-23(27)30)17-24(20)33-29(22(26)16-31)40-18-19-6-5-10-34(19)2/h3-4,7-8,19H,1,5-6,9-15,17-18H2,2H3,(H2,32,39). The molecule has 3 aliphatic heterocycles. The lowest BCUT2D eigenvalue weighted by Crippen LogP contribution is -2.49. The van der Waals surface area contributed by atoms with Crippen LogP contribution in [-0.4, -0.2) is 85.6 Å². The van der Waals surface area contributed by atoms with Crippen molar-refractivity contribution in [1.29, 1.82) is 5.26 Å². The number of rotatable bonds is 7. The average molecular weight is 548 g/mol. The molecule has 2 aromatic rings. The third-order valence-electron chi connectivity index (χ3n) is 8.14. The number of carbonyl (C=O) groups is 2. The number of pyridine rings is 1. The largest absolute Gasteiger partial charge is 0.475 e. The summed E-state index contributed by atoms with van der Waals surface area (Å²) in [6, 6.07) is 6.87. The Labute approximate surface area is 233 Å². The second-order valence-electron chi connectivity index (χ2n) is 10.5. The number of anilines is 2. The van der Waals surface area contributed by atoms with Crippen molar-refractivity contribution in [3.8, 4) is 11.9 Å². The lowest BCUT2D eigenvalue weighted by Gasteiger charge is -2.39. The van der Waals surface area contributed by atoms with E-state index in [1.807, 2.05) is 0 Å². The van der Waals surface area contributed by atoms with Gasteiger partial charge in [0.05, 0.1) is 29.2 Å². The van der Waals surface area contributed by atoms with Crippen LogP contribution in [-0.2, 0) is 17.8 Å². The number of fused-ring (bicyclic) bond motifs is 1. The fraction of sp³-hybridized carbons (Fsp3) is 0.448. The van der Waals surface area contributed by atoms with Gasteiger partial charge in [0.25, 0.3) is 5.91 Å². The van der Waals surface area contributed by atoms with Gasteiger partial charge in [-0.25, -0.2) is 9.37 Å². The molecule has 40 heavy (non-hydrogen) atoms. The minimum atomic E-state index is -0.703. The van der Waals surface area contributed by atoms with Crippen LogP contribution in [0, 0.1) is 17.1 Å². The maximum absolute atomic E-state index is 15.0. The number of primary amides is 1. The zero-order valence-electron chi connectivity index (χ0n) is 22.7. The number of hydrogen-bond acceptors (Lipinski definition) is 8. The molecular weight excluding hydrogens is 513 g/mol. The molecule has 0 spiro atoms. The molecule has 1 unspecified atom stereocenters. The summed E-state index contributed by atoms with van der Waals surface area (Å²) in [6.45, 7) is 7.70. The number of benzene rings is 1. The van der Waals surface area contributed by atoms with Gasteiger partial charge in [-0.05, 0) is 51.1 Å². The highest BCUT2D eigenvalue weighted by molar-refractivity contribution is 5.98. The summed E-state index contributed by atoms with van der Waals surface area (Å²) in [5.74, 6) is -1.10. The number of piperazine rings is 1. The summed E-state index contributed by atoms with van der Waals surface area (Å²) in [4.78, 5) is 37.0. The maximum Gasteiger partial charge on any atom is 0.250 e. The molecule has 1 aromatic carbocycles. The summed E-state index contributed by atoms with van der Waals surface area (Å²) >= 11 is 0. The Hall–Kier alpha value is -4.17. The fourth-order valence-corrected chi connectivity index (χ4v) is 5.96. The molecule has 4 heterocycles. The first kappa shape index (κ1) is 27.4. The van der Waals surface area contributed by atoms with E-state index in [4.69, 9.17) is 15.5 Å². The van der Waals surface area contributed by atoms with Gasteiger partial charge in [-0.15, -0.1) is 0 Å². The van der Waals surface area contributed by atoms with Gasteiger partial charge in [0.2, 0.25) is 11.8 Å². The molecule has 2 N–H and O–H groups in total. The number of halogens is 1. The van der Waals surface area contributed by atoms with Crippen LogP contribution in [0.4, 0.5) is 15.8 Å². The first-order valence-electron chi connectivity index (χ1n) is 13.6. The van der Waals surface area contributed by atoms with Gasteiger partial charge in [-0.3, -0.25) is 9.59 Å². The van der Waals surface area contributed by atoms with Crippen LogP contribution in [0.3, 0.4) is 0 Å². The molecule has 10 nitrogen and oxygen atoms in total. The van der Waals surface area contributed by atoms with Crippen LogP contribution >= 0.6 is 0 Å². The van der Waals surface area contributed by atoms with Gasteiger partial charge in [0.15, 0.2) is 0 Å². The van der Waals surface area contributed by atoms with Gasteiger partial charge in [-0.1, -0.05) is 12.6 Å². The lowest BCUT2D eigenvalue weighted by atomic mass is 9.97. The summed E-state index contributed by atoms with van der Waals surface area (Å²) in [5.41, 5.74) is 8.54. The zero-order chi connectivity index (χ0) is 28.4. The summed E-state index contributed by atoms with van der Waals surface area (Å²) < 4.78 is 21.2. The zero-order valence-corrected chi connectivity index (χ0v) is 22.7. The number of nitriles is 1. The number of likely N-dealkylation sites (N-methyl/N-ethyl adjacent to an activating group) is 1. The number of hydrogen-bond donors (Lipinski definition) is 1. The third kappa shape index (κ3) is 5.19. The number of ether oxygens (including phenoxy) is 1. The number of nitrogens with two attached hydrogens (primary N) is 1. The second-order valence-corrected chi connectivity index (χ2v) is 10.5. The molecule has 11 heteroatoms. The van der Waals surface area contributed by atoms with Crippen LogP contribution in [0.1, 0.15) is 40.0 Å². The van der Waals surface area contributed by atoms with Crippen molar-refractivity contribution in [3.63, 3.8) is 0 Å². The van der Waals surface area contributed by atoms with E-state index < -0.39 is 11.7 Å². The van der Waals surface area contributed by atoms with E-state index in [0.29, 0.717) is 57.0 Å². The Bertz CT molecular complexity index is 1370. The van der Waals surface area contributed by atoms with Crippen molar-refractivity contribution in [2.24, 2.45) is 5.73 Å². The van der Waals surface area contributed by atoms with Crippen molar-refractivity contribution in [2.75, 3.05) is 62.7 Å². The Morgan fingerprint density at radius 2 is 1.98 bits per heavy atom. The van der Waals surface area contributed by atoms with Crippen LogP contribution in [0.25, 0.3) is 0 Å². The highest BCUT2D eigenvalue weighted by Crippen LogP contribution is 2.39. The summed E-state index contributed by atoms with van der Waals surface area (Å²) in [7, 11) is 2.06. The highest BCUT2D eigenvalue weighted by atomic mass is 19.1. The first-order chi connectivity index (χ1) is 19.3. The third-order valence-corrected chi connectivity index (χ3v) is 8.14. The number of likely N-dealkylation sites (tertiary alicyclic amines) is 1. The molecule has 2 amide bonds. The molecular formula is C29H34FN7O3.